The van der Waals surface area contributed by atoms with Crippen molar-refractivity contribution in [3.63, 3.8) is 0 Å². The fraction of sp³-hybridized carbons (Fsp3) is 0.182. The van der Waals surface area contributed by atoms with Gasteiger partial charge >= 0.3 is 11.9 Å². The Balaban J connectivity index is 2.28. The summed E-state index contributed by atoms with van der Waals surface area (Å²) in [6.45, 7) is 0. The van der Waals surface area contributed by atoms with Crippen LogP contribution < -0.4 is 0 Å². The largest absolute Gasteiger partial charge is 0.481 e. The molecule has 0 radical (unpaired) electrons. The molecule has 0 saturated heterocycles. The molecule has 0 spiro atoms. The van der Waals surface area contributed by atoms with E-state index in [2.05, 4.69) is 10.3 Å². The molecule has 0 aliphatic rings. The van der Waals surface area contributed by atoms with Crippen LogP contribution in [0.1, 0.15) is 12.1 Å². The smallest absolute Gasteiger partial charge is 0.309 e. The number of carboxylic acid groups (broad SMARTS) is 1. The highest BCUT2D eigenvalue weighted by Crippen LogP contribution is 2.30. The number of para-hydroxylation sites is 1. The van der Waals surface area contributed by atoms with Crippen molar-refractivity contribution in [2.24, 2.45) is 0 Å². The number of rotatable bonds is 4. The minimum atomic E-state index is -3.53. The second kappa shape index (κ2) is 4.52. The monoisotopic (exact) mass is 253 g/mol. The summed E-state index contributed by atoms with van der Waals surface area (Å²) < 4.78 is 28.1. The number of aromatic nitrogens is 3. The average molecular weight is 253 g/mol. The Morgan fingerprint density at radius 3 is 2.61 bits per heavy atom. The zero-order valence-electron chi connectivity index (χ0n) is 9.12. The van der Waals surface area contributed by atoms with Crippen LogP contribution in [0.4, 0.5) is 8.78 Å². The third-order valence-corrected chi connectivity index (χ3v) is 2.26. The lowest BCUT2D eigenvalue weighted by Crippen LogP contribution is -2.19. The molecule has 0 unspecified atom stereocenters. The van der Waals surface area contributed by atoms with E-state index in [-0.39, 0.29) is 0 Å². The van der Waals surface area contributed by atoms with Crippen LogP contribution in [0.3, 0.4) is 0 Å². The van der Waals surface area contributed by atoms with Gasteiger partial charge in [0.25, 0.3) is 0 Å². The van der Waals surface area contributed by atoms with Gasteiger partial charge in [-0.15, -0.1) is 5.10 Å². The third-order valence-electron chi connectivity index (χ3n) is 2.26. The number of hydrogen-bond donors (Lipinski definition) is 1. The fourth-order valence-electron chi connectivity index (χ4n) is 1.42. The molecule has 0 aliphatic carbocycles. The molecule has 0 atom stereocenters. The minimum Gasteiger partial charge on any atom is -0.481 e. The van der Waals surface area contributed by atoms with E-state index in [9.17, 15) is 13.6 Å². The summed E-state index contributed by atoms with van der Waals surface area (Å²) in [5.74, 6) is -5.12. The molecule has 2 rings (SSSR count). The van der Waals surface area contributed by atoms with E-state index in [0.717, 1.165) is 6.20 Å². The molecule has 0 bridgehead atoms. The number of aliphatic carboxylic acids is 1. The summed E-state index contributed by atoms with van der Waals surface area (Å²) in [7, 11) is 0. The van der Waals surface area contributed by atoms with Crippen molar-refractivity contribution in [1.29, 1.82) is 0 Å². The van der Waals surface area contributed by atoms with Gasteiger partial charge in [0.2, 0.25) is 0 Å². The highest BCUT2D eigenvalue weighted by atomic mass is 19.3. The third kappa shape index (κ3) is 2.50. The van der Waals surface area contributed by atoms with Crippen LogP contribution >= 0.6 is 0 Å². The molecule has 2 aromatic rings. The zero-order chi connectivity index (χ0) is 13.2. The lowest BCUT2D eigenvalue weighted by Gasteiger charge is -2.09. The van der Waals surface area contributed by atoms with Gasteiger partial charge in [-0.05, 0) is 12.1 Å². The molecule has 0 aliphatic heterocycles. The van der Waals surface area contributed by atoms with Gasteiger partial charge in [-0.3, -0.25) is 4.79 Å². The highest BCUT2D eigenvalue weighted by molar-refractivity contribution is 5.68. The van der Waals surface area contributed by atoms with Crippen molar-refractivity contribution in [2.75, 3.05) is 0 Å². The first kappa shape index (κ1) is 12.2. The lowest BCUT2D eigenvalue weighted by molar-refractivity contribution is -0.145. The van der Waals surface area contributed by atoms with E-state index in [1.807, 2.05) is 0 Å². The Labute approximate surface area is 101 Å². The van der Waals surface area contributed by atoms with Gasteiger partial charge in [0.15, 0.2) is 5.69 Å². The Morgan fingerprint density at radius 1 is 1.33 bits per heavy atom. The number of hydrogen-bond acceptors (Lipinski definition) is 3. The maximum atomic E-state index is 13.4. The average Bonchev–Trinajstić information content (AvgIpc) is 2.78. The molecule has 1 heterocycles. The van der Waals surface area contributed by atoms with Crippen LogP contribution in [0.15, 0.2) is 36.5 Å². The van der Waals surface area contributed by atoms with Crippen molar-refractivity contribution < 1.29 is 18.7 Å². The van der Waals surface area contributed by atoms with Gasteiger partial charge in [0, 0.05) is 0 Å². The molecule has 1 N–H and O–H groups in total. The van der Waals surface area contributed by atoms with Gasteiger partial charge in [-0.25, -0.2) is 4.68 Å². The van der Waals surface area contributed by atoms with Crippen LogP contribution in [0.5, 0.6) is 0 Å². The van der Waals surface area contributed by atoms with Crippen LogP contribution in [-0.4, -0.2) is 26.1 Å². The number of alkyl halides is 2. The van der Waals surface area contributed by atoms with Crippen LogP contribution in [0.2, 0.25) is 0 Å². The summed E-state index contributed by atoms with van der Waals surface area (Å²) in [6.07, 6.45) is -0.279. The molecule has 0 fully saturated rings. The molecule has 94 valence electrons. The standard InChI is InChI=1S/C11H9F2N3O2/c12-11(13,6-10(17)18)9-7-16(15-14-9)8-4-2-1-3-5-8/h1-5,7H,6H2,(H,17,18). The maximum Gasteiger partial charge on any atom is 0.309 e. The lowest BCUT2D eigenvalue weighted by atomic mass is 10.2. The van der Waals surface area contributed by atoms with Crippen molar-refractivity contribution >= 4 is 5.97 Å². The normalized spacial score (nSPS) is 11.4. The summed E-state index contributed by atoms with van der Waals surface area (Å²) in [4.78, 5) is 10.3. The predicted molar refractivity (Wildman–Crippen MR) is 57.5 cm³/mol. The Kier molecular flexibility index (Phi) is 3.05. The fourth-order valence-corrected chi connectivity index (χ4v) is 1.42. The second-order valence-electron chi connectivity index (χ2n) is 3.66. The summed E-state index contributed by atoms with van der Waals surface area (Å²) >= 11 is 0. The van der Waals surface area contributed by atoms with Crippen molar-refractivity contribution in [3.8, 4) is 5.69 Å². The highest BCUT2D eigenvalue weighted by Gasteiger charge is 2.37. The molecular formula is C11H9F2N3O2. The van der Waals surface area contributed by atoms with E-state index in [1.54, 1.807) is 30.3 Å². The molecule has 0 saturated carbocycles. The second-order valence-corrected chi connectivity index (χ2v) is 3.66. The first-order valence-electron chi connectivity index (χ1n) is 5.07. The van der Waals surface area contributed by atoms with Gasteiger partial charge in [0.05, 0.1) is 11.9 Å². The summed E-state index contributed by atoms with van der Waals surface area (Å²) in [6, 6.07) is 8.58. The number of carboxylic acids is 1. The molecule has 0 amide bonds. The molecular weight excluding hydrogens is 244 g/mol. The quantitative estimate of drug-likeness (QED) is 0.902. The van der Waals surface area contributed by atoms with E-state index in [1.165, 1.54) is 4.68 Å². The Hall–Kier alpha value is -2.31. The molecule has 1 aromatic heterocycles. The van der Waals surface area contributed by atoms with Crippen LogP contribution in [-0.2, 0) is 10.7 Å². The SMILES string of the molecule is O=C(O)CC(F)(F)c1cn(-c2ccccc2)nn1. The molecule has 7 heteroatoms. The Morgan fingerprint density at radius 2 is 2.00 bits per heavy atom. The summed E-state index contributed by atoms with van der Waals surface area (Å²) in [5, 5.41) is 15.3. The molecule has 18 heavy (non-hydrogen) atoms. The van der Waals surface area contributed by atoms with Gasteiger partial charge in [-0.2, -0.15) is 8.78 Å². The number of nitrogens with zero attached hydrogens (tertiary/aromatic N) is 3. The topological polar surface area (TPSA) is 68.0 Å². The zero-order valence-corrected chi connectivity index (χ0v) is 9.12. The maximum absolute atomic E-state index is 13.4. The predicted octanol–water partition coefficient (Wildman–Crippen LogP) is 1.83. The minimum absolute atomic E-state index is 0.572. The Bertz CT molecular complexity index is 554. The number of halogens is 2. The van der Waals surface area contributed by atoms with Gasteiger partial charge in [0.1, 0.15) is 6.42 Å². The van der Waals surface area contributed by atoms with Crippen molar-refractivity contribution in [2.45, 2.75) is 12.3 Å². The number of carbonyl (C=O) groups is 1. The van der Waals surface area contributed by atoms with Crippen molar-refractivity contribution in [1.82, 2.24) is 15.0 Å². The first-order chi connectivity index (χ1) is 8.49. The van der Waals surface area contributed by atoms with E-state index >= 15 is 0 Å². The number of benzene rings is 1. The van der Waals surface area contributed by atoms with Gasteiger partial charge < -0.3 is 5.11 Å². The van der Waals surface area contributed by atoms with Gasteiger partial charge in [-0.1, -0.05) is 23.4 Å². The summed E-state index contributed by atoms with van der Waals surface area (Å²) in [5.41, 5.74) is -0.0869. The van der Waals surface area contributed by atoms with Crippen LogP contribution in [0, 0.1) is 0 Å². The van der Waals surface area contributed by atoms with Crippen LogP contribution in [0.25, 0.3) is 5.69 Å². The van der Waals surface area contributed by atoms with E-state index < -0.39 is 24.0 Å². The van der Waals surface area contributed by atoms with Crippen molar-refractivity contribution in [3.05, 3.63) is 42.2 Å². The first-order valence-corrected chi connectivity index (χ1v) is 5.07. The van der Waals surface area contributed by atoms with E-state index in [4.69, 9.17) is 5.11 Å². The molecule has 1 aromatic carbocycles. The van der Waals surface area contributed by atoms with E-state index in [0.29, 0.717) is 5.69 Å². The molecule has 5 nitrogen and oxygen atoms in total.